The predicted molar refractivity (Wildman–Crippen MR) is 146 cm³/mol. The maximum atomic E-state index is 14.7. The van der Waals surface area contributed by atoms with Crippen molar-refractivity contribution in [2.45, 2.75) is 71.6 Å². The number of aliphatic hydroxyl groups is 1. The van der Waals surface area contributed by atoms with Gasteiger partial charge in [-0.3, -0.25) is 4.79 Å². The lowest BCUT2D eigenvalue weighted by molar-refractivity contribution is 0.0444. The molecule has 0 fully saturated rings. The van der Waals surface area contributed by atoms with Crippen molar-refractivity contribution in [3.05, 3.63) is 69.5 Å². The summed E-state index contributed by atoms with van der Waals surface area (Å²) in [4.78, 5) is 26.9. The Hall–Kier alpha value is -3.63. The molecule has 38 heavy (non-hydrogen) atoms. The van der Waals surface area contributed by atoms with Crippen molar-refractivity contribution in [3.8, 4) is 5.82 Å². The second-order valence-electron chi connectivity index (χ2n) is 11.1. The standard InChI is InChI=1S/C28H34FN7O2/c1-7-28(6,38)23-21(29)10-11-22(33-23)36-24-19(25(37)35(36)16(2)3)14-31-26(34-24)32-18-8-9-20-17(12-18)13-30-15-27(20,4)5/h8-12,14,16,30,38H,7,13,15H2,1-6H3,(H,31,32,34). The van der Waals surface area contributed by atoms with E-state index >= 15 is 0 Å². The van der Waals surface area contributed by atoms with Crippen LogP contribution in [0.1, 0.15) is 70.8 Å². The molecule has 9 nitrogen and oxygen atoms in total. The molecule has 0 bridgehead atoms. The maximum absolute atomic E-state index is 14.7. The average Bonchev–Trinajstić information content (AvgIpc) is 3.15. The number of anilines is 2. The molecule has 1 atom stereocenters. The van der Waals surface area contributed by atoms with Crippen molar-refractivity contribution in [2.24, 2.45) is 0 Å². The van der Waals surface area contributed by atoms with Crippen LogP contribution < -0.4 is 16.2 Å². The van der Waals surface area contributed by atoms with Gasteiger partial charge in [0.25, 0.3) is 5.56 Å². The Labute approximate surface area is 220 Å². The molecule has 5 rings (SSSR count). The van der Waals surface area contributed by atoms with Gasteiger partial charge in [0.05, 0.1) is 0 Å². The van der Waals surface area contributed by atoms with Crippen LogP contribution in [0.2, 0.25) is 0 Å². The molecular weight excluding hydrogens is 485 g/mol. The van der Waals surface area contributed by atoms with Crippen molar-refractivity contribution in [3.63, 3.8) is 0 Å². The van der Waals surface area contributed by atoms with Crippen LogP contribution in [0.15, 0.2) is 41.3 Å². The lowest BCUT2D eigenvalue weighted by Gasteiger charge is -2.33. The molecule has 1 aromatic carbocycles. The van der Waals surface area contributed by atoms with Gasteiger partial charge in [0.1, 0.15) is 22.5 Å². The molecule has 3 N–H and O–H groups in total. The highest BCUT2D eigenvalue weighted by molar-refractivity contribution is 5.77. The number of halogens is 1. The van der Waals surface area contributed by atoms with Crippen LogP contribution in [-0.2, 0) is 17.6 Å². The van der Waals surface area contributed by atoms with E-state index < -0.39 is 11.4 Å². The third-order valence-corrected chi connectivity index (χ3v) is 7.33. The Balaban J connectivity index is 1.63. The van der Waals surface area contributed by atoms with Crippen molar-refractivity contribution < 1.29 is 9.50 Å². The molecule has 10 heteroatoms. The minimum atomic E-state index is -1.47. The Bertz CT molecular complexity index is 1590. The van der Waals surface area contributed by atoms with E-state index in [2.05, 4.69) is 46.6 Å². The largest absolute Gasteiger partial charge is 0.384 e. The van der Waals surface area contributed by atoms with Crippen LogP contribution in [0.5, 0.6) is 0 Å². The summed E-state index contributed by atoms with van der Waals surface area (Å²) in [5.41, 5.74) is 1.90. The average molecular weight is 520 g/mol. The highest BCUT2D eigenvalue weighted by Gasteiger charge is 2.29. The molecule has 4 heterocycles. The van der Waals surface area contributed by atoms with Crippen molar-refractivity contribution in [1.29, 1.82) is 0 Å². The highest BCUT2D eigenvalue weighted by Crippen LogP contribution is 2.32. The second-order valence-corrected chi connectivity index (χ2v) is 11.1. The number of benzene rings is 1. The maximum Gasteiger partial charge on any atom is 0.278 e. The Morgan fingerprint density at radius 1 is 1.24 bits per heavy atom. The van der Waals surface area contributed by atoms with Crippen molar-refractivity contribution in [2.75, 3.05) is 11.9 Å². The van der Waals surface area contributed by atoms with Crippen LogP contribution in [0.4, 0.5) is 16.0 Å². The van der Waals surface area contributed by atoms with Crippen LogP contribution in [-0.4, -0.2) is 36.0 Å². The van der Waals surface area contributed by atoms with E-state index in [1.54, 1.807) is 11.6 Å². The van der Waals surface area contributed by atoms with E-state index in [-0.39, 0.29) is 34.9 Å². The molecule has 0 aliphatic carbocycles. The number of hydrogen-bond acceptors (Lipinski definition) is 7. The number of fused-ring (bicyclic) bond motifs is 2. The van der Waals surface area contributed by atoms with Gasteiger partial charge in [0.15, 0.2) is 11.5 Å². The number of nitrogens with zero attached hydrogens (tertiary/aromatic N) is 5. The van der Waals surface area contributed by atoms with E-state index in [0.29, 0.717) is 17.0 Å². The van der Waals surface area contributed by atoms with E-state index in [0.717, 1.165) is 18.8 Å². The smallest absolute Gasteiger partial charge is 0.278 e. The van der Waals surface area contributed by atoms with Gasteiger partial charge in [-0.25, -0.2) is 23.7 Å². The lowest BCUT2D eigenvalue weighted by atomic mass is 9.79. The van der Waals surface area contributed by atoms with Gasteiger partial charge in [-0.2, -0.15) is 4.98 Å². The van der Waals surface area contributed by atoms with E-state index in [9.17, 15) is 14.3 Å². The first kappa shape index (κ1) is 26.0. The zero-order valence-electron chi connectivity index (χ0n) is 22.6. The first-order valence-corrected chi connectivity index (χ1v) is 12.9. The minimum Gasteiger partial charge on any atom is -0.384 e. The number of hydrogen-bond donors (Lipinski definition) is 3. The van der Waals surface area contributed by atoms with Crippen LogP contribution in [0.3, 0.4) is 0 Å². The SMILES string of the molecule is CCC(C)(O)c1nc(-n2c3nc(Nc4ccc5c(c4)CNCC5(C)C)ncc3c(=O)n2C(C)C)ccc1F. The topological polar surface area (TPSA) is 110 Å². The minimum absolute atomic E-state index is 0.0424. The van der Waals surface area contributed by atoms with Crippen LogP contribution >= 0.6 is 0 Å². The summed E-state index contributed by atoms with van der Waals surface area (Å²) in [6, 6.07) is 8.72. The third kappa shape index (κ3) is 4.37. The van der Waals surface area contributed by atoms with Crippen LogP contribution in [0, 0.1) is 5.82 Å². The molecule has 1 unspecified atom stereocenters. The molecule has 0 amide bonds. The fourth-order valence-corrected chi connectivity index (χ4v) is 5.05. The fourth-order valence-electron chi connectivity index (χ4n) is 5.05. The van der Waals surface area contributed by atoms with Gasteiger partial charge < -0.3 is 15.7 Å². The van der Waals surface area contributed by atoms with E-state index in [4.69, 9.17) is 4.98 Å². The van der Waals surface area contributed by atoms with Crippen LogP contribution in [0.25, 0.3) is 16.9 Å². The molecule has 1 aliphatic rings. The molecule has 3 aromatic heterocycles. The molecule has 1 aliphatic heterocycles. The molecular formula is C28H34FN7O2. The third-order valence-electron chi connectivity index (χ3n) is 7.33. The van der Waals surface area contributed by atoms with Gasteiger partial charge in [-0.05, 0) is 62.6 Å². The molecule has 0 spiro atoms. The molecule has 4 aromatic rings. The Kier molecular flexibility index (Phi) is 6.35. The van der Waals surface area contributed by atoms with Gasteiger partial charge in [0, 0.05) is 36.4 Å². The van der Waals surface area contributed by atoms with E-state index in [1.807, 2.05) is 19.9 Å². The van der Waals surface area contributed by atoms with Gasteiger partial charge in [-0.1, -0.05) is 26.8 Å². The summed E-state index contributed by atoms with van der Waals surface area (Å²) in [5, 5.41) is 17.8. The zero-order valence-corrected chi connectivity index (χ0v) is 22.6. The zero-order chi connectivity index (χ0) is 27.4. The first-order valence-electron chi connectivity index (χ1n) is 12.9. The van der Waals surface area contributed by atoms with Gasteiger partial charge in [0.2, 0.25) is 5.95 Å². The fraction of sp³-hybridized carbons (Fsp3) is 0.429. The molecule has 200 valence electrons. The molecule has 0 saturated heterocycles. The van der Waals surface area contributed by atoms with Crippen molar-refractivity contribution >= 4 is 22.7 Å². The summed E-state index contributed by atoms with van der Waals surface area (Å²) < 4.78 is 17.8. The first-order chi connectivity index (χ1) is 17.9. The Morgan fingerprint density at radius 3 is 2.71 bits per heavy atom. The monoisotopic (exact) mass is 519 g/mol. The lowest BCUT2D eigenvalue weighted by Crippen LogP contribution is -2.38. The predicted octanol–water partition coefficient (Wildman–Crippen LogP) is 4.44. The second kappa shape index (κ2) is 9.28. The highest BCUT2D eigenvalue weighted by atomic mass is 19.1. The summed E-state index contributed by atoms with van der Waals surface area (Å²) in [5.74, 6) is -0.0155. The number of nitrogens with one attached hydrogen (secondary N) is 2. The quantitative estimate of drug-likeness (QED) is 0.346. The number of rotatable bonds is 6. The summed E-state index contributed by atoms with van der Waals surface area (Å²) in [6.07, 6.45) is 1.77. The normalized spacial score (nSPS) is 16.4. The number of pyridine rings is 1. The Morgan fingerprint density at radius 2 is 2.00 bits per heavy atom. The summed E-state index contributed by atoms with van der Waals surface area (Å²) in [6.45, 7) is 13.2. The summed E-state index contributed by atoms with van der Waals surface area (Å²) >= 11 is 0. The molecule has 0 saturated carbocycles. The van der Waals surface area contributed by atoms with Crippen molar-refractivity contribution in [1.82, 2.24) is 29.6 Å². The summed E-state index contributed by atoms with van der Waals surface area (Å²) in [7, 11) is 0. The van der Waals surface area contributed by atoms with E-state index in [1.165, 1.54) is 41.1 Å². The number of aromatic nitrogens is 5. The molecule has 0 radical (unpaired) electrons. The van der Waals surface area contributed by atoms with Gasteiger partial charge >= 0.3 is 0 Å². The van der Waals surface area contributed by atoms with Gasteiger partial charge in [-0.15, -0.1) is 0 Å².